The number of hydrogen-bond acceptors (Lipinski definition) is 6. The molecule has 1 aromatic carbocycles. The third kappa shape index (κ3) is 2.62. The zero-order chi connectivity index (χ0) is 14.8. The first-order valence-corrected chi connectivity index (χ1v) is 6.13. The summed E-state index contributed by atoms with van der Waals surface area (Å²) in [6, 6.07) is 6.70. The predicted molar refractivity (Wildman–Crippen MR) is 74.7 cm³/mol. The van der Waals surface area contributed by atoms with E-state index in [0.717, 1.165) is 0 Å². The number of carbonyl (C=O) groups is 1. The maximum absolute atomic E-state index is 12.0. The van der Waals surface area contributed by atoms with Gasteiger partial charge in [0.05, 0.1) is 0 Å². The zero-order valence-corrected chi connectivity index (χ0v) is 11.0. The molecule has 3 rings (SSSR count). The van der Waals surface area contributed by atoms with Crippen molar-refractivity contribution in [3.05, 3.63) is 47.0 Å². The highest BCUT2D eigenvalue weighted by atomic mass is 16.5. The Morgan fingerprint density at radius 1 is 1.24 bits per heavy atom. The minimum atomic E-state index is -0.419. The number of ether oxygens (including phenoxy) is 1. The Bertz CT molecular complexity index is 889. The first-order chi connectivity index (χ1) is 10.1. The van der Waals surface area contributed by atoms with Gasteiger partial charge in [0.1, 0.15) is 11.6 Å². The second-order valence-corrected chi connectivity index (χ2v) is 4.26. The average molecular weight is 282 g/mol. The fourth-order valence-corrected chi connectivity index (χ4v) is 1.88. The van der Waals surface area contributed by atoms with Crippen molar-refractivity contribution in [2.24, 2.45) is 0 Å². The highest BCUT2D eigenvalue weighted by Crippen LogP contribution is 2.21. The molecule has 1 N–H and O–H groups in total. The summed E-state index contributed by atoms with van der Waals surface area (Å²) in [7, 11) is 0. The summed E-state index contributed by atoms with van der Waals surface area (Å²) in [6.07, 6.45) is 2.90. The van der Waals surface area contributed by atoms with Gasteiger partial charge in [-0.15, -0.1) is 0 Å². The fraction of sp³-hybridized carbons (Fsp3) is 0.0714. The number of H-pyrrole nitrogens is 1. The van der Waals surface area contributed by atoms with Crippen LogP contribution < -0.4 is 10.3 Å². The molecule has 0 fully saturated rings. The van der Waals surface area contributed by atoms with Crippen molar-refractivity contribution in [3.63, 3.8) is 0 Å². The highest BCUT2D eigenvalue weighted by molar-refractivity contribution is 5.72. The molecule has 0 aliphatic carbocycles. The summed E-state index contributed by atoms with van der Waals surface area (Å²) in [5.74, 6) is 0.293. The summed E-state index contributed by atoms with van der Waals surface area (Å²) < 4.78 is 5.01. The van der Waals surface area contributed by atoms with Crippen molar-refractivity contribution in [1.82, 2.24) is 19.9 Å². The first kappa shape index (κ1) is 12.9. The Morgan fingerprint density at radius 3 is 2.86 bits per heavy atom. The molecule has 0 bridgehead atoms. The summed E-state index contributed by atoms with van der Waals surface area (Å²) in [6.45, 7) is 1.32. The van der Waals surface area contributed by atoms with Crippen molar-refractivity contribution in [2.75, 3.05) is 0 Å². The van der Waals surface area contributed by atoms with Crippen molar-refractivity contribution < 1.29 is 9.53 Å². The van der Waals surface area contributed by atoms with Gasteiger partial charge >= 0.3 is 5.97 Å². The Labute approximate surface area is 118 Å². The molecule has 0 unspecified atom stereocenters. The topological polar surface area (TPSA) is 97.8 Å². The standard InChI is InChI=1S/C14H10N4O3/c1-8(19)21-10-4-2-3-9(7-10)12-17-13-11(14(20)18-12)15-5-6-16-13/h2-7H,1H3,(H,16,17,18,20). The number of esters is 1. The van der Waals surface area contributed by atoms with Gasteiger partial charge in [0.2, 0.25) is 0 Å². The second kappa shape index (κ2) is 5.12. The Kier molecular flexibility index (Phi) is 3.15. The van der Waals surface area contributed by atoms with Gasteiger partial charge in [0.25, 0.3) is 5.56 Å². The van der Waals surface area contributed by atoms with E-state index in [4.69, 9.17) is 4.74 Å². The van der Waals surface area contributed by atoms with Crippen LogP contribution in [0.4, 0.5) is 0 Å². The van der Waals surface area contributed by atoms with Gasteiger partial charge in [0.15, 0.2) is 11.2 Å². The molecule has 7 heteroatoms. The van der Waals surface area contributed by atoms with Crippen LogP contribution in [0.15, 0.2) is 41.5 Å². The van der Waals surface area contributed by atoms with E-state index in [9.17, 15) is 9.59 Å². The molecule has 7 nitrogen and oxygen atoms in total. The minimum Gasteiger partial charge on any atom is -0.427 e. The molecule has 104 valence electrons. The molecule has 2 heterocycles. The molecule has 0 atom stereocenters. The number of fused-ring (bicyclic) bond motifs is 1. The van der Waals surface area contributed by atoms with Gasteiger partial charge < -0.3 is 9.72 Å². The van der Waals surface area contributed by atoms with Crippen LogP contribution in [0.2, 0.25) is 0 Å². The molecule has 0 spiro atoms. The molecule has 0 aliphatic heterocycles. The lowest BCUT2D eigenvalue weighted by Crippen LogP contribution is -2.11. The van der Waals surface area contributed by atoms with Gasteiger partial charge in [0, 0.05) is 24.9 Å². The van der Waals surface area contributed by atoms with E-state index < -0.39 is 5.97 Å². The van der Waals surface area contributed by atoms with Crippen LogP contribution >= 0.6 is 0 Å². The second-order valence-electron chi connectivity index (χ2n) is 4.26. The fourth-order valence-electron chi connectivity index (χ4n) is 1.88. The van der Waals surface area contributed by atoms with Crippen molar-refractivity contribution in [2.45, 2.75) is 6.92 Å². The molecule has 0 aliphatic rings. The lowest BCUT2D eigenvalue weighted by molar-refractivity contribution is -0.131. The van der Waals surface area contributed by atoms with Crippen LogP contribution in [0, 0.1) is 0 Å². The quantitative estimate of drug-likeness (QED) is 0.562. The Balaban J connectivity index is 2.12. The molecular formula is C14H10N4O3. The Hall–Kier alpha value is -3.09. The van der Waals surface area contributed by atoms with Crippen molar-refractivity contribution in [3.8, 4) is 17.1 Å². The number of rotatable bonds is 2. The number of aromatic amines is 1. The lowest BCUT2D eigenvalue weighted by Gasteiger charge is -2.05. The normalized spacial score (nSPS) is 10.5. The minimum absolute atomic E-state index is 0.178. The van der Waals surface area contributed by atoms with Crippen LogP contribution in [-0.4, -0.2) is 25.9 Å². The number of hydrogen-bond donors (Lipinski definition) is 1. The first-order valence-electron chi connectivity index (χ1n) is 6.13. The monoisotopic (exact) mass is 282 g/mol. The van der Waals surface area contributed by atoms with E-state index in [2.05, 4.69) is 19.9 Å². The summed E-state index contributed by atoms with van der Waals surface area (Å²) in [5, 5.41) is 0. The van der Waals surface area contributed by atoms with Crippen LogP contribution in [0.3, 0.4) is 0 Å². The van der Waals surface area contributed by atoms with Crippen LogP contribution in [0.1, 0.15) is 6.92 Å². The van der Waals surface area contributed by atoms with Crippen LogP contribution in [0.5, 0.6) is 5.75 Å². The maximum atomic E-state index is 12.0. The number of nitrogens with zero attached hydrogens (tertiary/aromatic N) is 3. The van der Waals surface area contributed by atoms with Gasteiger partial charge in [-0.05, 0) is 12.1 Å². The van der Waals surface area contributed by atoms with Crippen LogP contribution in [0.25, 0.3) is 22.6 Å². The number of carbonyl (C=O) groups excluding carboxylic acids is 1. The number of nitrogens with one attached hydrogen (secondary N) is 1. The van der Waals surface area contributed by atoms with Crippen molar-refractivity contribution >= 4 is 17.1 Å². The van der Waals surface area contributed by atoms with Crippen LogP contribution in [-0.2, 0) is 4.79 Å². The lowest BCUT2D eigenvalue weighted by atomic mass is 10.2. The van der Waals surface area contributed by atoms with E-state index in [1.54, 1.807) is 24.3 Å². The molecule has 21 heavy (non-hydrogen) atoms. The highest BCUT2D eigenvalue weighted by Gasteiger charge is 2.08. The van der Waals surface area contributed by atoms with E-state index in [1.807, 2.05) is 0 Å². The SMILES string of the molecule is CC(=O)Oc1cccc(-c2nc3nccnc3c(=O)[nH]2)c1. The molecule has 3 aromatic rings. The maximum Gasteiger partial charge on any atom is 0.308 e. The van der Waals surface area contributed by atoms with Gasteiger partial charge in [-0.1, -0.05) is 12.1 Å². The molecule has 2 aromatic heterocycles. The smallest absolute Gasteiger partial charge is 0.308 e. The average Bonchev–Trinajstić information content (AvgIpc) is 2.47. The third-order valence-electron chi connectivity index (χ3n) is 2.71. The van der Waals surface area contributed by atoms with Gasteiger partial charge in [-0.3, -0.25) is 9.59 Å². The summed E-state index contributed by atoms with van der Waals surface area (Å²) in [5.41, 5.74) is 0.672. The Morgan fingerprint density at radius 2 is 2.05 bits per heavy atom. The molecule has 0 saturated carbocycles. The molecule has 0 amide bonds. The van der Waals surface area contributed by atoms with E-state index >= 15 is 0 Å². The van der Waals surface area contributed by atoms with E-state index in [-0.39, 0.29) is 16.7 Å². The van der Waals surface area contributed by atoms with Crippen molar-refractivity contribution in [1.29, 1.82) is 0 Å². The third-order valence-corrected chi connectivity index (χ3v) is 2.71. The molecule has 0 radical (unpaired) electrons. The summed E-state index contributed by atoms with van der Waals surface area (Å²) >= 11 is 0. The zero-order valence-electron chi connectivity index (χ0n) is 11.0. The van der Waals surface area contributed by atoms with Gasteiger partial charge in [-0.2, -0.15) is 0 Å². The number of aromatic nitrogens is 4. The van der Waals surface area contributed by atoms with Gasteiger partial charge in [-0.25, -0.2) is 15.0 Å². The summed E-state index contributed by atoms with van der Waals surface area (Å²) in [4.78, 5) is 37.8. The predicted octanol–water partition coefficient (Wildman–Crippen LogP) is 1.31. The molecule has 0 saturated heterocycles. The molecular weight excluding hydrogens is 272 g/mol. The largest absolute Gasteiger partial charge is 0.427 e. The van der Waals surface area contributed by atoms with E-state index in [1.165, 1.54) is 19.3 Å². The number of benzene rings is 1. The van der Waals surface area contributed by atoms with E-state index in [0.29, 0.717) is 17.1 Å².